The summed E-state index contributed by atoms with van der Waals surface area (Å²) in [6.45, 7) is -0.154. The summed E-state index contributed by atoms with van der Waals surface area (Å²) in [5.74, 6) is -0.758. The highest BCUT2D eigenvalue weighted by Gasteiger charge is 2.27. The van der Waals surface area contributed by atoms with E-state index in [9.17, 15) is 8.78 Å². The van der Waals surface area contributed by atoms with Crippen LogP contribution in [-0.4, -0.2) is 25.1 Å². The number of rotatable bonds is 5. The summed E-state index contributed by atoms with van der Waals surface area (Å²) in [6.07, 6.45) is 0. The van der Waals surface area contributed by atoms with E-state index >= 15 is 0 Å². The molecule has 1 aliphatic heterocycles. The Morgan fingerprint density at radius 1 is 1.26 bits per heavy atom. The first-order valence-electron chi connectivity index (χ1n) is 6.79. The monoisotopic (exact) mass is 434 g/mol. The van der Waals surface area contributed by atoms with Crippen LogP contribution in [0.15, 0.2) is 30.3 Å². The summed E-state index contributed by atoms with van der Waals surface area (Å²) in [5.41, 5.74) is 0.396. The van der Waals surface area contributed by atoms with Crippen molar-refractivity contribution in [2.45, 2.75) is 0 Å². The van der Waals surface area contributed by atoms with Crippen molar-refractivity contribution in [3.05, 3.63) is 45.5 Å². The minimum atomic E-state index is -0.615. The normalized spacial score (nSPS) is 13.0. The van der Waals surface area contributed by atoms with Gasteiger partial charge in [-0.25, -0.2) is 13.8 Å². The Balaban J connectivity index is 1.90. The zero-order chi connectivity index (χ0) is 16.4. The fraction of sp³-hybridized carbons (Fsp3) is 0.200. The molecular formula is C15H13F2IN2O3. The second-order valence-corrected chi connectivity index (χ2v) is 5.98. The van der Waals surface area contributed by atoms with Crippen molar-refractivity contribution in [3.63, 3.8) is 0 Å². The highest BCUT2D eigenvalue weighted by atomic mass is 127. The molecule has 0 bridgehead atoms. The first-order valence-corrected chi connectivity index (χ1v) is 7.86. The lowest BCUT2D eigenvalue weighted by Crippen LogP contribution is -2.24. The van der Waals surface area contributed by atoms with Crippen LogP contribution in [0.5, 0.6) is 5.75 Å². The summed E-state index contributed by atoms with van der Waals surface area (Å²) in [5, 5.41) is 12.8. The van der Waals surface area contributed by atoms with Crippen molar-refractivity contribution in [2.75, 3.05) is 30.3 Å². The van der Waals surface area contributed by atoms with Gasteiger partial charge in [-0.05, 0) is 52.9 Å². The number of ether oxygens (including phenoxy) is 1. The van der Waals surface area contributed by atoms with E-state index in [1.807, 2.05) is 22.6 Å². The highest BCUT2D eigenvalue weighted by molar-refractivity contribution is 14.1. The summed E-state index contributed by atoms with van der Waals surface area (Å²) in [7, 11) is 0. The fourth-order valence-corrected chi connectivity index (χ4v) is 2.63. The summed E-state index contributed by atoms with van der Waals surface area (Å²) < 4.78 is 34.7. The van der Waals surface area contributed by atoms with Crippen LogP contribution in [0, 0.1) is 15.2 Å². The molecule has 122 valence electrons. The number of aliphatic hydroxyl groups excluding tert-OH is 1. The van der Waals surface area contributed by atoms with Gasteiger partial charge in [0.25, 0.3) is 0 Å². The average Bonchev–Trinajstić information content (AvgIpc) is 2.94. The number of nitrogens with zero attached hydrogens (tertiary/aromatic N) is 1. The van der Waals surface area contributed by atoms with Gasteiger partial charge in [-0.15, -0.1) is 0 Å². The average molecular weight is 434 g/mol. The number of halogens is 3. The smallest absolute Gasteiger partial charge is 0.185 e. The van der Waals surface area contributed by atoms with E-state index in [0.717, 1.165) is 3.57 Å². The van der Waals surface area contributed by atoms with Crippen molar-refractivity contribution >= 4 is 39.7 Å². The number of hydrogen-bond donors (Lipinski definition) is 2. The summed E-state index contributed by atoms with van der Waals surface area (Å²) in [4.78, 5) is 5.22. The Bertz CT molecular complexity index is 730. The second-order valence-electron chi connectivity index (χ2n) is 4.73. The lowest BCUT2D eigenvalue weighted by Gasteiger charge is -2.17. The lowest BCUT2D eigenvalue weighted by atomic mass is 10.2. The Morgan fingerprint density at radius 3 is 2.78 bits per heavy atom. The van der Waals surface area contributed by atoms with E-state index in [2.05, 4.69) is 5.32 Å². The van der Waals surface area contributed by atoms with Crippen molar-refractivity contribution in [1.82, 2.24) is 0 Å². The van der Waals surface area contributed by atoms with Gasteiger partial charge in [0.2, 0.25) is 0 Å². The van der Waals surface area contributed by atoms with Crippen LogP contribution in [0.25, 0.3) is 0 Å². The predicted octanol–water partition coefficient (Wildman–Crippen LogP) is 3.39. The molecule has 0 spiro atoms. The number of hydroxylamine groups is 1. The number of hydrogen-bond acceptors (Lipinski definition) is 5. The van der Waals surface area contributed by atoms with Crippen LogP contribution >= 0.6 is 22.6 Å². The van der Waals surface area contributed by atoms with Crippen LogP contribution in [0.3, 0.4) is 0 Å². The summed E-state index contributed by atoms with van der Waals surface area (Å²) >= 11 is 2.00. The van der Waals surface area contributed by atoms with Crippen LogP contribution in [-0.2, 0) is 4.84 Å². The number of fused-ring (bicyclic) bond motifs is 1. The molecule has 23 heavy (non-hydrogen) atoms. The molecule has 2 aromatic carbocycles. The maximum absolute atomic E-state index is 14.7. The molecule has 5 nitrogen and oxygen atoms in total. The van der Waals surface area contributed by atoms with Gasteiger partial charge < -0.3 is 15.2 Å². The van der Waals surface area contributed by atoms with Crippen molar-refractivity contribution in [2.24, 2.45) is 0 Å². The molecule has 0 amide bonds. The predicted molar refractivity (Wildman–Crippen MR) is 89.8 cm³/mol. The van der Waals surface area contributed by atoms with Crippen LogP contribution < -0.4 is 15.1 Å². The van der Waals surface area contributed by atoms with E-state index < -0.39 is 11.6 Å². The molecule has 0 fully saturated rings. The number of anilines is 3. The molecule has 0 aromatic heterocycles. The zero-order valence-corrected chi connectivity index (χ0v) is 14.0. The molecule has 0 saturated carbocycles. The van der Waals surface area contributed by atoms with Gasteiger partial charge in [-0.1, -0.05) is 0 Å². The largest absolute Gasteiger partial charge is 0.468 e. The molecule has 0 saturated heterocycles. The third kappa shape index (κ3) is 3.33. The van der Waals surface area contributed by atoms with Crippen molar-refractivity contribution < 1.29 is 23.5 Å². The van der Waals surface area contributed by atoms with E-state index in [4.69, 9.17) is 14.7 Å². The number of benzene rings is 2. The molecule has 3 rings (SSSR count). The van der Waals surface area contributed by atoms with E-state index in [1.54, 1.807) is 18.2 Å². The van der Waals surface area contributed by atoms with Crippen molar-refractivity contribution in [1.29, 1.82) is 0 Å². The van der Waals surface area contributed by atoms with Gasteiger partial charge in [0.05, 0.1) is 24.6 Å². The Kier molecular flexibility index (Phi) is 4.83. The van der Waals surface area contributed by atoms with Crippen LogP contribution in [0.2, 0.25) is 0 Å². The quantitative estimate of drug-likeness (QED) is 0.707. The van der Waals surface area contributed by atoms with Gasteiger partial charge in [-0.2, -0.15) is 0 Å². The molecular weight excluding hydrogens is 421 g/mol. The van der Waals surface area contributed by atoms with Crippen LogP contribution in [0.1, 0.15) is 0 Å². The molecule has 0 radical (unpaired) electrons. The van der Waals surface area contributed by atoms with Gasteiger partial charge >= 0.3 is 0 Å². The standard InChI is InChI=1S/C15H13F2IN2O3/c16-10-7-9(18)1-2-11(10)19-12-3-4-13-15(14(12)17)20(8-22-13)23-6-5-21/h1-4,7,19,21H,5-6,8H2. The molecule has 1 aliphatic rings. The Morgan fingerprint density at radius 2 is 2.04 bits per heavy atom. The SMILES string of the molecule is OCCON1COc2ccc(Nc3ccc(I)cc3F)c(F)c21. The van der Waals surface area contributed by atoms with Crippen molar-refractivity contribution in [3.8, 4) is 5.75 Å². The van der Waals surface area contributed by atoms with E-state index in [0.29, 0.717) is 5.75 Å². The van der Waals surface area contributed by atoms with Crippen LogP contribution in [0.4, 0.5) is 25.8 Å². The zero-order valence-electron chi connectivity index (χ0n) is 11.9. The summed E-state index contributed by atoms with van der Waals surface area (Å²) in [6, 6.07) is 7.67. The maximum atomic E-state index is 14.7. The molecule has 8 heteroatoms. The third-order valence-corrected chi connectivity index (χ3v) is 3.88. The molecule has 0 unspecified atom stereocenters. The van der Waals surface area contributed by atoms with E-state index in [-0.39, 0.29) is 37.0 Å². The van der Waals surface area contributed by atoms with Gasteiger partial charge in [0.1, 0.15) is 11.5 Å². The molecule has 2 N–H and O–H groups in total. The number of aliphatic hydroxyl groups is 1. The minimum absolute atomic E-state index is 0.0195. The third-order valence-electron chi connectivity index (χ3n) is 3.20. The van der Waals surface area contributed by atoms with Gasteiger partial charge in [-0.3, -0.25) is 4.84 Å². The maximum Gasteiger partial charge on any atom is 0.185 e. The molecule has 0 aliphatic carbocycles. The van der Waals surface area contributed by atoms with E-state index in [1.165, 1.54) is 17.2 Å². The lowest BCUT2D eigenvalue weighted by molar-refractivity contribution is 0.0561. The highest BCUT2D eigenvalue weighted by Crippen LogP contribution is 2.40. The number of nitrogens with one attached hydrogen (secondary N) is 1. The first kappa shape index (κ1) is 16.2. The molecule has 0 atom stereocenters. The fourth-order valence-electron chi connectivity index (χ4n) is 2.17. The molecule has 1 heterocycles. The second kappa shape index (κ2) is 6.85. The van der Waals surface area contributed by atoms with Gasteiger partial charge in [0.15, 0.2) is 18.3 Å². The Labute approximate surface area is 144 Å². The molecule has 2 aromatic rings. The minimum Gasteiger partial charge on any atom is -0.468 e. The Hall–Kier alpha value is -1.65. The van der Waals surface area contributed by atoms with Gasteiger partial charge in [0, 0.05) is 3.57 Å². The first-order chi connectivity index (χ1) is 11.1. The topological polar surface area (TPSA) is 54.0 Å².